The lowest BCUT2D eigenvalue weighted by Crippen LogP contribution is -2.35. The van der Waals surface area contributed by atoms with Gasteiger partial charge in [0.25, 0.3) is 0 Å². The Labute approximate surface area is 116 Å². The number of hydrogen-bond acceptors (Lipinski definition) is 4. The van der Waals surface area contributed by atoms with E-state index in [2.05, 4.69) is 4.98 Å². The third-order valence-corrected chi connectivity index (χ3v) is 3.74. The predicted octanol–water partition coefficient (Wildman–Crippen LogP) is 2.30. The van der Waals surface area contributed by atoms with Crippen LogP contribution in [0.25, 0.3) is 0 Å². The lowest BCUT2D eigenvalue weighted by atomic mass is 9.93. The van der Waals surface area contributed by atoms with Crippen molar-refractivity contribution in [1.82, 2.24) is 4.98 Å². The van der Waals surface area contributed by atoms with E-state index in [0.29, 0.717) is 16.4 Å². The van der Waals surface area contributed by atoms with Gasteiger partial charge in [0, 0.05) is 25.7 Å². The molecule has 100 valence electrons. The lowest BCUT2D eigenvalue weighted by molar-refractivity contribution is -0.138. The van der Waals surface area contributed by atoms with Crippen LogP contribution in [0.5, 0.6) is 0 Å². The minimum Gasteiger partial charge on any atom is -0.481 e. The van der Waals surface area contributed by atoms with E-state index in [1.807, 2.05) is 11.0 Å². The zero-order chi connectivity index (χ0) is 13.8. The van der Waals surface area contributed by atoms with Crippen LogP contribution in [-0.4, -0.2) is 29.1 Å². The molecular formula is C13H14ClN3O2. The molecule has 0 radical (unpaired) electrons. The Kier molecular flexibility index (Phi) is 4.23. The number of carbonyl (C=O) groups is 1. The van der Waals surface area contributed by atoms with Crippen LogP contribution >= 0.6 is 11.6 Å². The summed E-state index contributed by atoms with van der Waals surface area (Å²) in [6.45, 7) is 1.44. The molecule has 0 spiro atoms. The lowest BCUT2D eigenvalue weighted by Gasteiger charge is -2.32. The van der Waals surface area contributed by atoms with Crippen LogP contribution in [0.2, 0.25) is 5.02 Å². The number of nitriles is 1. The molecule has 2 rings (SSSR count). The smallest absolute Gasteiger partial charge is 0.303 e. The molecule has 19 heavy (non-hydrogen) atoms. The second-order valence-corrected chi connectivity index (χ2v) is 5.01. The highest BCUT2D eigenvalue weighted by molar-refractivity contribution is 6.34. The van der Waals surface area contributed by atoms with E-state index in [1.165, 1.54) is 0 Å². The third-order valence-electron chi connectivity index (χ3n) is 3.37. The fourth-order valence-corrected chi connectivity index (χ4v) is 2.61. The van der Waals surface area contributed by atoms with Crippen LogP contribution < -0.4 is 4.90 Å². The van der Waals surface area contributed by atoms with Crippen LogP contribution in [0.3, 0.4) is 0 Å². The molecule has 1 N–H and O–H groups in total. The predicted molar refractivity (Wildman–Crippen MR) is 71.2 cm³/mol. The van der Waals surface area contributed by atoms with Crippen molar-refractivity contribution < 1.29 is 9.90 Å². The summed E-state index contributed by atoms with van der Waals surface area (Å²) in [7, 11) is 0. The van der Waals surface area contributed by atoms with Gasteiger partial charge in [-0.05, 0) is 24.8 Å². The van der Waals surface area contributed by atoms with E-state index in [4.69, 9.17) is 22.0 Å². The van der Waals surface area contributed by atoms with Gasteiger partial charge in [0.1, 0.15) is 16.9 Å². The molecule has 1 aromatic rings. The topological polar surface area (TPSA) is 77.2 Å². The van der Waals surface area contributed by atoms with Gasteiger partial charge in [0.15, 0.2) is 0 Å². The Morgan fingerprint density at radius 1 is 1.58 bits per heavy atom. The number of aliphatic carboxylic acids is 1. The number of piperidine rings is 1. The summed E-state index contributed by atoms with van der Waals surface area (Å²) in [5.74, 6) is 0.0854. The maximum atomic E-state index is 10.7. The summed E-state index contributed by atoms with van der Waals surface area (Å²) in [4.78, 5) is 16.9. The van der Waals surface area contributed by atoms with Crippen molar-refractivity contribution in [2.75, 3.05) is 18.0 Å². The van der Waals surface area contributed by atoms with E-state index in [0.717, 1.165) is 25.9 Å². The number of anilines is 1. The van der Waals surface area contributed by atoms with Gasteiger partial charge in [-0.1, -0.05) is 11.6 Å². The van der Waals surface area contributed by atoms with Gasteiger partial charge in [-0.25, -0.2) is 4.98 Å². The Balaban J connectivity index is 2.06. The number of nitrogens with zero attached hydrogens (tertiary/aromatic N) is 3. The second kappa shape index (κ2) is 5.89. The number of pyridine rings is 1. The average molecular weight is 280 g/mol. The Morgan fingerprint density at radius 3 is 2.84 bits per heavy atom. The summed E-state index contributed by atoms with van der Waals surface area (Å²) in [6.07, 6.45) is 3.40. The number of rotatable bonds is 3. The van der Waals surface area contributed by atoms with E-state index in [1.54, 1.807) is 12.3 Å². The molecule has 1 aliphatic heterocycles. The SMILES string of the molecule is N#Cc1ccnc(N2CCC(CC(=O)O)CC2)c1Cl. The fourth-order valence-electron chi connectivity index (χ4n) is 2.34. The first kappa shape index (κ1) is 13.6. The van der Waals surface area contributed by atoms with Crippen molar-refractivity contribution in [3.63, 3.8) is 0 Å². The highest BCUT2D eigenvalue weighted by atomic mass is 35.5. The van der Waals surface area contributed by atoms with E-state index in [9.17, 15) is 4.79 Å². The zero-order valence-electron chi connectivity index (χ0n) is 10.3. The van der Waals surface area contributed by atoms with E-state index < -0.39 is 5.97 Å². The van der Waals surface area contributed by atoms with E-state index >= 15 is 0 Å². The molecule has 5 nitrogen and oxygen atoms in total. The number of carboxylic acid groups (broad SMARTS) is 1. The molecule has 0 bridgehead atoms. The Bertz CT molecular complexity index is 519. The first-order valence-corrected chi connectivity index (χ1v) is 6.51. The monoisotopic (exact) mass is 279 g/mol. The van der Waals surface area contributed by atoms with Gasteiger partial charge < -0.3 is 10.0 Å². The second-order valence-electron chi connectivity index (χ2n) is 4.64. The number of aromatic nitrogens is 1. The molecule has 0 aromatic carbocycles. The molecule has 1 saturated heterocycles. The summed E-state index contributed by atoms with van der Waals surface area (Å²) < 4.78 is 0. The van der Waals surface area contributed by atoms with Crippen LogP contribution in [0.15, 0.2) is 12.3 Å². The van der Waals surface area contributed by atoms with E-state index in [-0.39, 0.29) is 12.3 Å². The molecule has 6 heteroatoms. The van der Waals surface area contributed by atoms with Crippen molar-refractivity contribution in [3.8, 4) is 6.07 Å². The molecule has 0 saturated carbocycles. The molecule has 1 aliphatic rings. The first-order chi connectivity index (χ1) is 9.11. The summed E-state index contributed by atoms with van der Waals surface area (Å²) >= 11 is 6.14. The molecule has 0 unspecified atom stereocenters. The van der Waals surface area contributed by atoms with Gasteiger partial charge >= 0.3 is 5.97 Å². The van der Waals surface area contributed by atoms with Gasteiger partial charge in [0.2, 0.25) is 0 Å². The Morgan fingerprint density at radius 2 is 2.26 bits per heavy atom. The first-order valence-electron chi connectivity index (χ1n) is 6.13. The van der Waals surface area contributed by atoms with Crippen molar-refractivity contribution in [2.45, 2.75) is 19.3 Å². The zero-order valence-corrected chi connectivity index (χ0v) is 11.1. The summed E-state index contributed by atoms with van der Waals surface area (Å²) in [5, 5.41) is 18.1. The quantitative estimate of drug-likeness (QED) is 0.918. The summed E-state index contributed by atoms with van der Waals surface area (Å²) in [6, 6.07) is 3.62. The number of halogens is 1. The number of carboxylic acids is 1. The molecule has 1 aromatic heterocycles. The average Bonchev–Trinajstić information content (AvgIpc) is 2.39. The third kappa shape index (κ3) is 3.15. The minimum atomic E-state index is -0.749. The van der Waals surface area contributed by atoms with Crippen molar-refractivity contribution in [3.05, 3.63) is 22.8 Å². The van der Waals surface area contributed by atoms with Gasteiger partial charge in [-0.3, -0.25) is 4.79 Å². The molecule has 0 atom stereocenters. The van der Waals surface area contributed by atoms with Crippen LogP contribution in [0.4, 0.5) is 5.82 Å². The van der Waals surface area contributed by atoms with Gasteiger partial charge in [-0.15, -0.1) is 0 Å². The highest BCUT2D eigenvalue weighted by Gasteiger charge is 2.23. The Hall–Kier alpha value is -1.80. The molecule has 0 aliphatic carbocycles. The van der Waals surface area contributed by atoms with Crippen molar-refractivity contribution in [2.24, 2.45) is 5.92 Å². The fraction of sp³-hybridized carbons (Fsp3) is 0.462. The standard InChI is InChI=1S/C13H14ClN3O2/c14-12-10(8-15)1-4-16-13(12)17-5-2-9(3-6-17)7-11(18)19/h1,4,9H,2-3,5-7H2,(H,18,19). The van der Waals surface area contributed by atoms with Crippen LogP contribution in [0.1, 0.15) is 24.8 Å². The maximum Gasteiger partial charge on any atom is 0.303 e. The molecule has 2 heterocycles. The minimum absolute atomic E-state index is 0.215. The molecular weight excluding hydrogens is 266 g/mol. The molecule has 1 fully saturated rings. The van der Waals surface area contributed by atoms with Crippen LogP contribution in [-0.2, 0) is 4.79 Å². The largest absolute Gasteiger partial charge is 0.481 e. The van der Waals surface area contributed by atoms with Gasteiger partial charge in [0.05, 0.1) is 5.56 Å². The highest BCUT2D eigenvalue weighted by Crippen LogP contribution is 2.30. The van der Waals surface area contributed by atoms with Crippen LogP contribution in [0, 0.1) is 17.2 Å². The maximum absolute atomic E-state index is 10.7. The summed E-state index contributed by atoms with van der Waals surface area (Å²) in [5.41, 5.74) is 0.416. The van der Waals surface area contributed by atoms with Crippen molar-refractivity contribution >= 4 is 23.4 Å². The molecule has 0 amide bonds. The normalized spacial score (nSPS) is 16.1. The van der Waals surface area contributed by atoms with Crippen molar-refractivity contribution in [1.29, 1.82) is 5.26 Å². The number of hydrogen-bond donors (Lipinski definition) is 1. The van der Waals surface area contributed by atoms with Gasteiger partial charge in [-0.2, -0.15) is 5.26 Å².